The molecule has 2 rings (SSSR count). The number of amides is 2. The molecule has 1 aliphatic carbocycles. The molecule has 120 valence electrons. The lowest BCUT2D eigenvalue weighted by molar-refractivity contribution is -0.115. The molecule has 2 amide bonds. The fourth-order valence-electron chi connectivity index (χ4n) is 2.08. The number of carbonyl (C=O) groups excluding carboxylic acids is 2. The molecule has 0 aromatic heterocycles. The van der Waals surface area contributed by atoms with Gasteiger partial charge in [0.05, 0.1) is 16.9 Å². The highest BCUT2D eigenvalue weighted by atomic mass is 16.2. The van der Waals surface area contributed by atoms with Gasteiger partial charge in [0.15, 0.2) is 0 Å². The molecule has 0 saturated heterocycles. The number of nitrogens with one attached hydrogen (secondary N) is 3. The van der Waals surface area contributed by atoms with E-state index in [4.69, 9.17) is 0 Å². The summed E-state index contributed by atoms with van der Waals surface area (Å²) in [5, 5.41) is 9.22. The Hall–Kier alpha value is -2.04. The van der Waals surface area contributed by atoms with Crippen LogP contribution in [0, 0.1) is 0 Å². The lowest BCUT2D eigenvalue weighted by atomic mass is 10.1. The maximum Gasteiger partial charge on any atom is 0.253 e. The first-order chi connectivity index (χ1) is 10.3. The van der Waals surface area contributed by atoms with E-state index in [9.17, 15) is 9.59 Å². The van der Waals surface area contributed by atoms with Gasteiger partial charge >= 0.3 is 0 Å². The molecule has 0 atom stereocenters. The lowest BCUT2D eigenvalue weighted by Crippen LogP contribution is -2.40. The summed E-state index contributed by atoms with van der Waals surface area (Å²) in [6.45, 7) is 7.64. The number of rotatable bonds is 5. The summed E-state index contributed by atoms with van der Waals surface area (Å²) in [4.78, 5) is 24.2. The highest BCUT2D eigenvalue weighted by Crippen LogP contribution is 2.32. The van der Waals surface area contributed by atoms with Crippen LogP contribution >= 0.6 is 0 Å². The van der Waals surface area contributed by atoms with Gasteiger partial charge in [0.2, 0.25) is 5.91 Å². The average molecular weight is 303 g/mol. The van der Waals surface area contributed by atoms with Gasteiger partial charge in [-0.2, -0.15) is 0 Å². The van der Waals surface area contributed by atoms with Crippen molar-refractivity contribution < 1.29 is 9.59 Å². The highest BCUT2D eigenvalue weighted by Gasteiger charge is 2.26. The largest absolute Gasteiger partial charge is 0.380 e. The molecular weight excluding hydrogens is 278 g/mol. The molecular formula is C17H25N3O2. The summed E-state index contributed by atoms with van der Waals surface area (Å²) in [7, 11) is 0. The number of para-hydroxylation sites is 1. The van der Waals surface area contributed by atoms with E-state index in [2.05, 4.69) is 16.0 Å². The minimum atomic E-state index is -0.309. The number of carbonyl (C=O) groups is 2. The van der Waals surface area contributed by atoms with E-state index in [0.29, 0.717) is 29.4 Å². The molecule has 1 aliphatic rings. The third-order valence-electron chi connectivity index (χ3n) is 3.32. The molecule has 0 aliphatic heterocycles. The summed E-state index contributed by atoms with van der Waals surface area (Å²) in [5.41, 5.74) is 1.64. The number of hydrogen-bond donors (Lipinski definition) is 3. The van der Waals surface area contributed by atoms with E-state index in [0.717, 1.165) is 12.8 Å². The van der Waals surface area contributed by atoms with Crippen molar-refractivity contribution in [3.05, 3.63) is 23.8 Å². The molecule has 1 fully saturated rings. The molecule has 5 heteroatoms. The van der Waals surface area contributed by atoms with Crippen LogP contribution in [0.3, 0.4) is 0 Å². The molecule has 1 aromatic carbocycles. The normalized spacial score (nSPS) is 14.4. The van der Waals surface area contributed by atoms with Gasteiger partial charge in [-0.3, -0.25) is 9.59 Å². The Morgan fingerprint density at radius 1 is 1.23 bits per heavy atom. The van der Waals surface area contributed by atoms with E-state index >= 15 is 0 Å². The Labute approximate surface area is 131 Å². The van der Waals surface area contributed by atoms with E-state index in [1.165, 1.54) is 0 Å². The van der Waals surface area contributed by atoms with Crippen LogP contribution in [0.2, 0.25) is 0 Å². The van der Waals surface area contributed by atoms with Crippen molar-refractivity contribution in [1.29, 1.82) is 0 Å². The van der Waals surface area contributed by atoms with Crippen molar-refractivity contribution >= 4 is 23.2 Å². The zero-order valence-corrected chi connectivity index (χ0v) is 13.7. The molecule has 0 spiro atoms. The zero-order chi connectivity index (χ0) is 16.3. The highest BCUT2D eigenvalue weighted by molar-refractivity contribution is 6.05. The summed E-state index contributed by atoms with van der Waals surface area (Å²) >= 11 is 0. The first kappa shape index (κ1) is 16.3. The fourth-order valence-corrected chi connectivity index (χ4v) is 2.08. The minimum Gasteiger partial charge on any atom is -0.380 e. The van der Waals surface area contributed by atoms with Crippen molar-refractivity contribution in [2.24, 2.45) is 0 Å². The Balaban J connectivity index is 2.32. The molecule has 1 saturated carbocycles. The van der Waals surface area contributed by atoms with Gasteiger partial charge in [-0.25, -0.2) is 0 Å². The van der Waals surface area contributed by atoms with Crippen molar-refractivity contribution in [1.82, 2.24) is 5.32 Å². The molecule has 5 nitrogen and oxygen atoms in total. The lowest BCUT2D eigenvalue weighted by Gasteiger charge is -2.23. The first-order valence-corrected chi connectivity index (χ1v) is 7.82. The summed E-state index contributed by atoms with van der Waals surface area (Å²) in [5.74, 6) is -0.199. The van der Waals surface area contributed by atoms with Crippen molar-refractivity contribution in [3.63, 3.8) is 0 Å². The van der Waals surface area contributed by atoms with Crippen LogP contribution in [0.1, 0.15) is 57.3 Å². The first-order valence-electron chi connectivity index (χ1n) is 7.82. The van der Waals surface area contributed by atoms with E-state index < -0.39 is 0 Å². The molecule has 0 unspecified atom stereocenters. The van der Waals surface area contributed by atoms with Gasteiger partial charge in [-0.15, -0.1) is 0 Å². The van der Waals surface area contributed by atoms with Crippen LogP contribution in [0.15, 0.2) is 18.2 Å². The van der Waals surface area contributed by atoms with Crippen LogP contribution in [0.25, 0.3) is 0 Å². The molecule has 0 bridgehead atoms. The van der Waals surface area contributed by atoms with E-state index in [1.54, 1.807) is 19.1 Å². The fraction of sp³-hybridized carbons (Fsp3) is 0.529. The average Bonchev–Trinajstić information content (AvgIpc) is 3.22. The van der Waals surface area contributed by atoms with Gasteiger partial charge in [0.1, 0.15) is 0 Å². The van der Waals surface area contributed by atoms with Crippen LogP contribution in [-0.2, 0) is 4.79 Å². The Morgan fingerprint density at radius 2 is 1.91 bits per heavy atom. The van der Waals surface area contributed by atoms with Gasteiger partial charge in [0.25, 0.3) is 5.91 Å². The molecule has 22 heavy (non-hydrogen) atoms. The smallest absolute Gasteiger partial charge is 0.253 e. The van der Waals surface area contributed by atoms with E-state index in [-0.39, 0.29) is 17.4 Å². The van der Waals surface area contributed by atoms with Crippen LogP contribution in [-0.4, -0.2) is 23.4 Å². The molecule has 0 radical (unpaired) electrons. The van der Waals surface area contributed by atoms with Crippen molar-refractivity contribution in [2.75, 3.05) is 10.6 Å². The summed E-state index contributed by atoms with van der Waals surface area (Å²) in [6, 6.07) is 5.79. The standard InChI is InChI=1S/C17H25N3O2/c1-5-14(21)19-13-8-6-7-12(15(13)18-11-9-10-11)16(22)20-17(2,3)4/h6-8,11,18H,5,9-10H2,1-4H3,(H,19,21)(H,20,22). The number of hydrogen-bond acceptors (Lipinski definition) is 3. The van der Waals surface area contributed by atoms with E-state index in [1.807, 2.05) is 26.8 Å². The van der Waals surface area contributed by atoms with Crippen molar-refractivity contribution in [2.45, 2.75) is 58.5 Å². The molecule has 1 aromatic rings. The topological polar surface area (TPSA) is 70.2 Å². The monoisotopic (exact) mass is 303 g/mol. The van der Waals surface area contributed by atoms with Crippen LogP contribution in [0.5, 0.6) is 0 Å². The predicted octanol–water partition coefficient (Wildman–Crippen LogP) is 3.14. The maximum atomic E-state index is 12.5. The number of benzene rings is 1. The predicted molar refractivity (Wildman–Crippen MR) is 89.2 cm³/mol. The quantitative estimate of drug-likeness (QED) is 0.782. The van der Waals surface area contributed by atoms with Gasteiger partial charge in [-0.05, 0) is 45.7 Å². The molecule has 3 N–H and O–H groups in total. The summed E-state index contributed by atoms with van der Waals surface area (Å²) < 4.78 is 0. The van der Waals surface area contributed by atoms with Crippen molar-refractivity contribution in [3.8, 4) is 0 Å². The number of anilines is 2. The Bertz CT molecular complexity index is 572. The van der Waals surface area contributed by atoms with Gasteiger partial charge in [-0.1, -0.05) is 13.0 Å². The third kappa shape index (κ3) is 4.48. The van der Waals surface area contributed by atoms with Crippen LogP contribution < -0.4 is 16.0 Å². The van der Waals surface area contributed by atoms with Gasteiger partial charge < -0.3 is 16.0 Å². The Morgan fingerprint density at radius 3 is 2.45 bits per heavy atom. The third-order valence-corrected chi connectivity index (χ3v) is 3.32. The Kier molecular flexibility index (Phi) is 4.74. The van der Waals surface area contributed by atoms with Crippen LogP contribution in [0.4, 0.5) is 11.4 Å². The second-order valence-electron chi connectivity index (χ2n) is 6.75. The second kappa shape index (κ2) is 6.38. The zero-order valence-electron chi connectivity index (χ0n) is 13.7. The van der Waals surface area contributed by atoms with Gasteiger partial charge in [0, 0.05) is 18.0 Å². The SMILES string of the molecule is CCC(=O)Nc1cccc(C(=O)NC(C)(C)C)c1NC1CC1. The minimum absolute atomic E-state index is 0.0628. The summed E-state index contributed by atoms with van der Waals surface area (Å²) in [6.07, 6.45) is 2.59. The molecule has 0 heterocycles. The maximum absolute atomic E-state index is 12.5. The second-order valence-corrected chi connectivity index (χ2v) is 6.75.